The van der Waals surface area contributed by atoms with Gasteiger partial charge in [-0.25, -0.2) is 4.79 Å². The van der Waals surface area contributed by atoms with E-state index in [4.69, 9.17) is 4.74 Å². The second-order valence-electron chi connectivity index (χ2n) is 5.27. The van der Waals surface area contributed by atoms with Crippen LogP contribution in [0, 0.1) is 10.1 Å². The van der Waals surface area contributed by atoms with Crippen LogP contribution in [0.5, 0.6) is 0 Å². The number of aromatic amines is 1. The molecule has 0 bridgehead atoms. The van der Waals surface area contributed by atoms with Crippen LogP contribution in [0.25, 0.3) is 22.2 Å². The van der Waals surface area contributed by atoms with Gasteiger partial charge in [0, 0.05) is 23.0 Å². The Balaban J connectivity index is 0.00000126. The molecular weight excluding hydrogens is 348 g/mol. The van der Waals surface area contributed by atoms with Gasteiger partial charge < -0.3 is 9.72 Å². The Morgan fingerprint density at radius 3 is 2.33 bits per heavy atom. The summed E-state index contributed by atoms with van der Waals surface area (Å²) < 4.78 is 5.01. The van der Waals surface area contributed by atoms with E-state index < -0.39 is 16.3 Å². The topological polar surface area (TPSA) is 102 Å². The van der Waals surface area contributed by atoms with Gasteiger partial charge in [-0.1, -0.05) is 26.0 Å². The van der Waals surface area contributed by atoms with E-state index in [9.17, 15) is 19.7 Å². The zero-order valence-electron chi connectivity index (χ0n) is 15.3. The van der Waals surface area contributed by atoms with E-state index >= 15 is 0 Å². The van der Waals surface area contributed by atoms with E-state index in [0.29, 0.717) is 16.5 Å². The number of non-ortho nitro benzene ring substituents is 1. The van der Waals surface area contributed by atoms with Crippen molar-refractivity contribution in [2.24, 2.45) is 0 Å². The lowest BCUT2D eigenvalue weighted by Crippen LogP contribution is -2.20. The molecule has 7 heteroatoms. The highest BCUT2D eigenvalue weighted by atomic mass is 16.6. The summed E-state index contributed by atoms with van der Waals surface area (Å²) in [5.74, 6) is -0.733. The molecule has 0 fully saturated rings. The predicted octanol–water partition coefficient (Wildman–Crippen LogP) is 4.31. The monoisotopic (exact) mass is 368 g/mol. The van der Waals surface area contributed by atoms with Crippen molar-refractivity contribution in [1.82, 2.24) is 4.98 Å². The van der Waals surface area contributed by atoms with Crippen molar-refractivity contribution in [3.63, 3.8) is 0 Å². The first-order valence-corrected chi connectivity index (χ1v) is 8.60. The Morgan fingerprint density at radius 2 is 1.74 bits per heavy atom. The average molecular weight is 368 g/mol. The molecule has 0 spiro atoms. The van der Waals surface area contributed by atoms with E-state index in [2.05, 4.69) is 4.98 Å². The number of nitrogens with one attached hydrogen (secondary N) is 1. The molecule has 3 aromatic rings. The van der Waals surface area contributed by atoms with Crippen LogP contribution in [0.2, 0.25) is 0 Å². The van der Waals surface area contributed by atoms with Crippen LogP contribution in [0.1, 0.15) is 31.1 Å². The number of carbonyl (C=O) groups excluding carboxylic acids is 1. The molecule has 1 aromatic heterocycles. The van der Waals surface area contributed by atoms with Crippen molar-refractivity contribution in [1.29, 1.82) is 0 Å². The number of nitrogens with zero attached hydrogens (tertiary/aromatic N) is 1. The number of hydrogen-bond donors (Lipinski definition) is 1. The van der Waals surface area contributed by atoms with E-state index in [0.717, 1.165) is 0 Å². The molecule has 0 atom stereocenters. The molecule has 0 saturated carbocycles. The summed E-state index contributed by atoms with van der Waals surface area (Å²) in [6.45, 7) is 5.78. The van der Waals surface area contributed by atoms with E-state index in [1.807, 2.05) is 13.8 Å². The molecule has 3 rings (SSSR count). The Hall–Kier alpha value is -3.48. The summed E-state index contributed by atoms with van der Waals surface area (Å²) >= 11 is 0. The highest BCUT2D eigenvalue weighted by Crippen LogP contribution is 2.25. The van der Waals surface area contributed by atoms with Gasteiger partial charge in [-0.15, -0.1) is 0 Å². The van der Waals surface area contributed by atoms with E-state index in [-0.39, 0.29) is 23.6 Å². The van der Waals surface area contributed by atoms with Crippen LogP contribution >= 0.6 is 0 Å². The molecule has 27 heavy (non-hydrogen) atoms. The predicted molar refractivity (Wildman–Crippen MR) is 104 cm³/mol. The van der Waals surface area contributed by atoms with Gasteiger partial charge in [0.05, 0.1) is 17.2 Å². The molecule has 7 nitrogen and oxygen atoms in total. The number of nitro benzene ring substituents is 1. The van der Waals surface area contributed by atoms with Gasteiger partial charge >= 0.3 is 5.97 Å². The first kappa shape index (κ1) is 19.8. The quantitative estimate of drug-likeness (QED) is 0.420. The number of aromatic nitrogens is 1. The van der Waals surface area contributed by atoms with Gasteiger partial charge in [0.2, 0.25) is 5.43 Å². The second-order valence-corrected chi connectivity index (χ2v) is 5.27. The maximum absolute atomic E-state index is 12.8. The Morgan fingerprint density at radius 1 is 1.11 bits per heavy atom. The molecule has 0 saturated heterocycles. The largest absolute Gasteiger partial charge is 0.462 e. The SMILES string of the molecule is CC.CCOC(=O)c1c(-c2ccc([N+](=O)[O-])cc2)[nH]c2ccccc2c1=O. The van der Waals surface area contributed by atoms with Crippen LogP contribution in [0.15, 0.2) is 53.3 Å². The summed E-state index contributed by atoms with van der Waals surface area (Å²) in [7, 11) is 0. The molecule has 0 unspecified atom stereocenters. The summed E-state index contributed by atoms with van der Waals surface area (Å²) in [6, 6.07) is 12.4. The van der Waals surface area contributed by atoms with Crippen LogP contribution < -0.4 is 5.43 Å². The van der Waals surface area contributed by atoms with E-state index in [1.54, 1.807) is 31.2 Å². The molecular formula is C20H20N2O5. The third-order valence-electron chi connectivity index (χ3n) is 3.75. The number of carbonyl (C=O) groups is 1. The highest BCUT2D eigenvalue weighted by Gasteiger charge is 2.21. The minimum atomic E-state index is -0.733. The Kier molecular flexibility index (Phi) is 6.43. The van der Waals surface area contributed by atoms with Crippen molar-refractivity contribution >= 4 is 22.6 Å². The normalized spacial score (nSPS) is 10.0. The Labute approximate surface area is 155 Å². The van der Waals surface area contributed by atoms with E-state index in [1.165, 1.54) is 24.3 Å². The zero-order chi connectivity index (χ0) is 20.0. The number of para-hydroxylation sites is 1. The van der Waals surface area contributed by atoms with Crippen molar-refractivity contribution in [3.8, 4) is 11.3 Å². The summed E-state index contributed by atoms with van der Waals surface area (Å²) in [5.41, 5.74) is 0.683. The number of nitro groups is 1. The molecule has 1 N–H and O–H groups in total. The lowest BCUT2D eigenvalue weighted by Gasteiger charge is -2.11. The van der Waals surface area contributed by atoms with Crippen molar-refractivity contribution in [2.45, 2.75) is 20.8 Å². The van der Waals surface area contributed by atoms with Crippen LogP contribution in [-0.4, -0.2) is 22.5 Å². The zero-order valence-corrected chi connectivity index (χ0v) is 15.3. The van der Waals surface area contributed by atoms with Gasteiger partial charge in [-0.05, 0) is 36.8 Å². The number of hydrogen-bond acceptors (Lipinski definition) is 5. The number of ether oxygens (including phenoxy) is 1. The number of fused-ring (bicyclic) bond motifs is 1. The molecule has 1 heterocycles. The fourth-order valence-corrected chi connectivity index (χ4v) is 2.60. The minimum absolute atomic E-state index is 0.0791. The van der Waals surface area contributed by atoms with Crippen LogP contribution in [0.4, 0.5) is 5.69 Å². The standard InChI is InChI=1S/C18H14N2O5.C2H6/c1-2-25-18(22)15-16(11-7-9-12(10-8-11)20(23)24)19-14-6-4-3-5-13(14)17(15)21;1-2/h3-10H,2H2,1H3,(H,19,21);1-2H3. The lowest BCUT2D eigenvalue weighted by molar-refractivity contribution is -0.384. The number of H-pyrrole nitrogens is 1. The summed E-state index contributed by atoms with van der Waals surface area (Å²) in [6.07, 6.45) is 0. The van der Waals surface area contributed by atoms with Gasteiger partial charge in [-0.2, -0.15) is 0 Å². The summed E-state index contributed by atoms with van der Waals surface area (Å²) in [5, 5.41) is 11.2. The van der Waals surface area contributed by atoms with Crippen molar-refractivity contribution in [2.75, 3.05) is 6.61 Å². The number of benzene rings is 2. The van der Waals surface area contributed by atoms with Gasteiger partial charge in [0.15, 0.2) is 0 Å². The molecule has 0 aliphatic carbocycles. The third-order valence-corrected chi connectivity index (χ3v) is 3.75. The number of pyridine rings is 1. The Bertz CT molecular complexity index is 1020. The van der Waals surface area contributed by atoms with Crippen molar-refractivity contribution < 1.29 is 14.5 Å². The summed E-state index contributed by atoms with van der Waals surface area (Å²) in [4.78, 5) is 38.5. The number of esters is 1. The van der Waals surface area contributed by atoms with Crippen LogP contribution in [0.3, 0.4) is 0 Å². The third kappa shape index (κ3) is 4.03. The van der Waals surface area contributed by atoms with Gasteiger partial charge in [0.1, 0.15) is 5.56 Å². The second kappa shape index (κ2) is 8.75. The molecule has 140 valence electrons. The molecule has 0 radical (unpaired) electrons. The fourth-order valence-electron chi connectivity index (χ4n) is 2.60. The fraction of sp³-hybridized carbons (Fsp3) is 0.200. The first-order chi connectivity index (χ1) is 13.0. The molecule has 0 aliphatic heterocycles. The lowest BCUT2D eigenvalue weighted by atomic mass is 10.0. The minimum Gasteiger partial charge on any atom is -0.462 e. The smallest absolute Gasteiger partial charge is 0.344 e. The van der Waals surface area contributed by atoms with Crippen LogP contribution in [-0.2, 0) is 4.74 Å². The maximum atomic E-state index is 12.8. The average Bonchev–Trinajstić information content (AvgIpc) is 2.69. The van der Waals surface area contributed by atoms with Gasteiger partial charge in [-0.3, -0.25) is 14.9 Å². The molecule has 2 aromatic carbocycles. The molecule has 0 aliphatic rings. The highest BCUT2D eigenvalue weighted by molar-refractivity contribution is 6.00. The maximum Gasteiger partial charge on any atom is 0.344 e. The molecule has 0 amide bonds. The number of rotatable bonds is 4. The first-order valence-electron chi connectivity index (χ1n) is 8.60. The van der Waals surface area contributed by atoms with Crippen molar-refractivity contribution in [3.05, 3.63) is 74.4 Å². The van der Waals surface area contributed by atoms with Gasteiger partial charge in [0.25, 0.3) is 5.69 Å².